The van der Waals surface area contributed by atoms with Gasteiger partial charge < -0.3 is 14.5 Å². The van der Waals surface area contributed by atoms with E-state index in [9.17, 15) is 9.59 Å². The van der Waals surface area contributed by atoms with Gasteiger partial charge >= 0.3 is 0 Å². The van der Waals surface area contributed by atoms with Crippen LogP contribution < -0.4 is 4.74 Å². The second kappa shape index (κ2) is 10.9. The Kier molecular flexibility index (Phi) is 8.18. The SMILES string of the molecule is CC(C)Cc1cc(C(=O)N2CCCCN(C)C(=O)c3cc(Cl)ccc3OCCC2)n(C)n1. The van der Waals surface area contributed by atoms with Gasteiger partial charge in [0.2, 0.25) is 0 Å². The first-order chi connectivity index (χ1) is 15.3. The van der Waals surface area contributed by atoms with Crippen LogP contribution in [-0.2, 0) is 13.5 Å². The molecule has 32 heavy (non-hydrogen) atoms. The summed E-state index contributed by atoms with van der Waals surface area (Å²) in [5.74, 6) is 0.880. The zero-order chi connectivity index (χ0) is 23.3. The third-order valence-electron chi connectivity index (χ3n) is 5.57. The van der Waals surface area contributed by atoms with E-state index >= 15 is 0 Å². The largest absolute Gasteiger partial charge is 0.493 e. The second-order valence-corrected chi connectivity index (χ2v) is 9.25. The molecule has 174 valence electrons. The highest BCUT2D eigenvalue weighted by molar-refractivity contribution is 6.31. The van der Waals surface area contributed by atoms with Crippen molar-refractivity contribution in [2.24, 2.45) is 13.0 Å². The van der Waals surface area contributed by atoms with Gasteiger partial charge in [0.25, 0.3) is 11.8 Å². The Bertz CT molecular complexity index is 957. The van der Waals surface area contributed by atoms with Crippen molar-refractivity contribution in [3.63, 3.8) is 0 Å². The lowest BCUT2D eigenvalue weighted by atomic mass is 10.1. The van der Waals surface area contributed by atoms with Crippen LogP contribution in [0.25, 0.3) is 0 Å². The van der Waals surface area contributed by atoms with Crippen molar-refractivity contribution < 1.29 is 14.3 Å². The summed E-state index contributed by atoms with van der Waals surface area (Å²) >= 11 is 6.12. The molecule has 1 aliphatic heterocycles. The number of amides is 2. The Morgan fingerprint density at radius 2 is 1.84 bits per heavy atom. The van der Waals surface area contributed by atoms with E-state index in [4.69, 9.17) is 16.3 Å². The van der Waals surface area contributed by atoms with Crippen LogP contribution in [0.2, 0.25) is 5.02 Å². The average Bonchev–Trinajstić information content (AvgIpc) is 3.10. The molecule has 1 aromatic carbocycles. The Balaban J connectivity index is 1.75. The van der Waals surface area contributed by atoms with Crippen molar-refractivity contribution in [2.45, 2.75) is 39.5 Å². The smallest absolute Gasteiger partial charge is 0.272 e. The minimum Gasteiger partial charge on any atom is -0.493 e. The van der Waals surface area contributed by atoms with Crippen LogP contribution in [0.3, 0.4) is 0 Å². The van der Waals surface area contributed by atoms with Gasteiger partial charge in [0.15, 0.2) is 0 Å². The molecular weight excluding hydrogens is 428 g/mol. The summed E-state index contributed by atoms with van der Waals surface area (Å²) in [5.41, 5.74) is 2.02. The Morgan fingerprint density at radius 3 is 2.59 bits per heavy atom. The zero-order valence-corrected chi connectivity index (χ0v) is 20.2. The fraction of sp³-hybridized carbons (Fsp3) is 0.542. The lowest BCUT2D eigenvalue weighted by Gasteiger charge is -2.23. The van der Waals surface area contributed by atoms with Crippen molar-refractivity contribution in [3.05, 3.63) is 46.2 Å². The highest BCUT2D eigenvalue weighted by atomic mass is 35.5. The van der Waals surface area contributed by atoms with Gasteiger partial charge in [0.05, 0.1) is 17.9 Å². The minimum absolute atomic E-state index is 0.0125. The van der Waals surface area contributed by atoms with Crippen LogP contribution >= 0.6 is 11.6 Å². The fourth-order valence-corrected chi connectivity index (χ4v) is 4.09. The number of benzene rings is 1. The lowest BCUT2D eigenvalue weighted by Crippen LogP contribution is -2.35. The molecule has 7 nitrogen and oxygen atoms in total. The number of hydrogen-bond donors (Lipinski definition) is 0. The molecular formula is C24H33ClN4O3. The molecule has 2 amide bonds. The van der Waals surface area contributed by atoms with E-state index in [2.05, 4.69) is 18.9 Å². The molecule has 0 saturated heterocycles. The number of carbonyl (C=O) groups is 2. The third kappa shape index (κ3) is 6.03. The number of rotatable bonds is 3. The molecule has 0 radical (unpaired) electrons. The molecule has 8 heteroatoms. The normalized spacial score (nSPS) is 16.1. The number of aromatic nitrogens is 2. The number of ether oxygens (including phenoxy) is 1. The molecule has 2 aromatic rings. The number of aryl methyl sites for hydroxylation is 1. The molecule has 0 aliphatic carbocycles. The predicted molar refractivity (Wildman–Crippen MR) is 125 cm³/mol. The molecule has 0 unspecified atom stereocenters. The second-order valence-electron chi connectivity index (χ2n) is 8.81. The first-order valence-electron chi connectivity index (χ1n) is 11.3. The number of fused-ring (bicyclic) bond motifs is 1. The van der Waals surface area contributed by atoms with Crippen LogP contribution in [0.15, 0.2) is 24.3 Å². The lowest BCUT2D eigenvalue weighted by molar-refractivity contribution is 0.0726. The van der Waals surface area contributed by atoms with E-state index < -0.39 is 0 Å². The van der Waals surface area contributed by atoms with Crippen molar-refractivity contribution in [1.29, 1.82) is 0 Å². The molecule has 0 saturated carbocycles. The van der Waals surface area contributed by atoms with Crippen molar-refractivity contribution in [2.75, 3.05) is 33.3 Å². The van der Waals surface area contributed by atoms with Crippen molar-refractivity contribution in [1.82, 2.24) is 19.6 Å². The molecule has 2 heterocycles. The zero-order valence-electron chi connectivity index (χ0n) is 19.4. The molecule has 0 fully saturated rings. The quantitative estimate of drug-likeness (QED) is 0.693. The number of halogens is 1. The van der Waals surface area contributed by atoms with Crippen LogP contribution in [0.5, 0.6) is 5.75 Å². The monoisotopic (exact) mass is 460 g/mol. The molecule has 0 bridgehead atoms. The highest BCUT2D eigenvalue weighted by Crippen LogP contribution is 2.25. The van der Waals surface area contributed by atoms with E-state index in [1.54, 1.807) is 34.8 Å². The Hall–Kier alpha value is -2.54. The van der Waals surface area contributed by atoms with Gasteiger partial charge in [-0.05, 0) is 55.9 Å². The van der Waals surface area contributed by atoms with E-state index in [1.165, 1.54) is 0 Å². The summed E-state index contributed by atoms with van der Waals surface area (Å²) in [6.45, 7) is 6.49. The standard InChI is InChI=1S/C24H33ClN4O3/c1-17(2)14-19-16-21(28(4)26-19)24(31)29-11-6-5-10-27(3)23(30)20-15-18(25)8-9-22(20)32-13-7-12-29/h8-9,15-17H,5-7,10-14H2,1-4H3. The highest BCUT2D eigenvalue weighted by Gasteiger charge is 2.22. The molecule has 0 N–H and O–H groups in total. The maximum absolute atomic E-state index is 13.3. The summed E-state index contributed by atoms with van der Waals surface area (Å²) in [6, 6.07) is 7.02. The first kappa shape index (κ1) is 24.1. The number of nitrogens with zero attached hydrogens (tertiary/aromatic N) is 4. The van der Waals surface area contributed by atoms with E-state index in [0.29, 0.717) is 60.6 Å². The van der Waals surface area contributed by atoms with E-state index in [1.807, 2.05) is 18.0 Å². The van der Waals surface area contributed by atoms with Crippen molar-refractivity contribution in [3.8, 4) is 5.75 Å². The predicted octanol–water partition coefficient (Wildman–Crippen LogP) is 4.05. The number of hydrogen-bond acceptors (Lipinski definition) is 4. The average molecular weight is 461 g/mol. The fourth-order valence-electron chi connectivity index (χ4n) is 3.91. The minimum atomic E-state index is -0.109. The van der Waals surface area contributed by atoms with Gasteiger partial charge in [-0.3, -0.25) is 14.3 Å². The first-order valence-corrected chi connectivity index (χ1v) is 11.6. The summed E-state index contributed by atoms with van der Waals surface area (Å²) in [7, 11) is 3.60. The van der Waals surface area contributed by atoms with Crippen LogP contribution in [0.1, 0.15) is 59.7 Å². The summed E-state index contributed by atoms with van der Waals surface area (Å²) in [6.07, 6.45) is 3.11. The van der Waals surface area contributed by atoms with Crippen LogP contribution in [-0.4, -0.2) is 64.7 Å². The summed E-state index contributed by atoms with van der Waals surface area (Å²) in [4.78, 5) is 29.7. The maximum Gasteiger partial charge on any atom is 0.272 e. The topological polar surface area (TPSA) is 67.7 Å². The van der Waals surface area contributed by atoms with Crippen LogP contribution in [0, 0.1) is 5.92 Å². The van der Waals surface area contributed by atoms with Gasteiger partial charge in [-0.2, -0.15) is 5.10 Å². The molecule has 0 spiro atoms. The van der Waals surface area contributed by atoms with E-state index in [-0.39, 0.29) is 11.8 Å². The Morgan fingerprint density at radius 1 is 1.12 bits per heavy atom. The van der Waals surface area contributed by atoms with Gasteiger partial charge in [-0.1, -0.05) is 25.4 Å². The maximum atomic E-state index is 13.3. The molecule has 0 atom stereocenters. The van der Waals surface area contributed by atoms with E-state index in [0.717, 1.165) is 25.0 Å². The van der Waals surface area contributed by atoms with Gasteiger partial charge in [0.1, 0.15) is 11.4 Å². The van der Waals surface area contributed by atoms with Gasteiger partial charge in [-0.25, -0.2) is 0 Å². The summed E-state index contributed by atoms with van der Waals surface area (Å²) < 4.78 is 7.60. The molecule has 1 aromatic heterocycles. The molecule has 1 aliphatic rings. The molecule has 3 rings (SSSR count). The Labute approximate surface area is 195 Å². The van der Waals surface area contributed by atoms with Crippen molar-refractivity contribution >= 4 is 23.4 Å². The third-order valence-corrected chi connectivity index (χ3v) is 5.81. The summed E-state index contributed by atoms with van der Waals surface area (Å²) in [5, 5.41) is 5.02. The van der Waals surface area contributed by atoms with Gasteiger partial charge in [0, 0.05) is 38.8 Å². The van der Waals surface area contributed by atoms with Gasteiger partial charge in [-0.15, -0.1) is 0 Å². The number of carbonyl (C=O) groups excluding carboxylic acids is 2. The van der Waals surface area contributed by atoms with Crippen LogP contribution in [0.4, 0.5) is 0 Å².